The molecule has 1 heterocycles. The highest BCUT2D eigenvalue weighted by molar-refractivity contribution is 6.39. The Morgan fingerprint density at radius 3 is 2.23 bits per heavy atom. The lowest BCUT2D eigenvalue weighted by atomic mass is 10.1. The molecule has 0 unspecified atom stereocenters. The molecule has 0 aliphatic carbocycles. The van der Waals surface area contributed by atoms with Crippen LogP contribution in [-0.2, 0) is 9.59 Å². The fraction of sp³-hybridized carbons (Fsp3) is 0.115. The number of imide groups is 2. The second-order valence-corrected chi connectivity index (χ2v) is 8.20. The van der Waals surface area contributed by atoms with Gasteiger partial charge in [-0.3, -0.25) is 35.1 Å². The zero-order valence-corrected chi connectivity index (χ0v) is 20.6. The molecule has 1 aliphatic heterocycles. The molecule has 198 valence electrons. The zero-order chi connectivity index (χ0) is 28.3. The van der Waals surface area contributed by atoms with Gasteiger partial charge in [0.05, 0.1) is 28.2 Å². The first-order chi connectivity index (χ1) is 18.6. The van der Waals surface area contributed by atoms with Crippen LogP contribution in [0.15, 0.2) is 66.2 Å². The van der Waals surface area contributed by atoms with Gasteiger partial charge in [-0.2, -0.15) is 0 Å². The molecule has 39 heavy (non-hydrogen) atoms. The van der Waals surface area contributed by atoms with Crippen LogP contribution in [0.2, 0.25) is 0 Å². The predicted molar refractivity (Wildman–Crippen MR) is 138 cm³/mol. The summed E-state index contributed by atoms with van der Waals surface area (Å²) in [5, 5.41) is 24.6. The van der Waals surface area contributed by atoms with E-state index in [0.717, 1.165) is 28.7 Å². The van der Waals surface area contributed by atoms with Crippen LogP contribution in [0.25, 0.3) is 6.08 Å². The first kappa shape index (κ1) is 26.5. The zero-order valence-electron chi connectivity index (χ0n) is 20.6. The third-order valence-electron chi connectivity index (χ3n) is 5.54. The van der Waals surface area contributed by atoms with E-state index >= 15 is 0 Å². The molecule has 3 aromatic carbocycles. The number of hydrogen-bond donors (Lipinski definition) is 1. The molecule has 4 amide bonds. The lowest BCUT2D eigenvalue weighted by Crippen LogP contribution is -2.54. The number of nitro benzene ring substituents is 2. The summed E-state index contributed by atoms with van der Waals surface area (Å²) in [7, 11) is 0. The van der Waals surface area contributed by atoms with Gasteiger partial charge in [-0.05, 0) is 55.8 Å². The first-order valence-corrected chi connectivity index (χ1v) is 11.4. The van der Waals surface area contributed by atoms with E-state index in [1.54, 1.807) is 31.2 Å². The third-order valence-corrected chi connectivity index (χ3v) is 5.54. The van der Waals surface area contributed by atoms with Crippen LogP contribution in [-0.4, -0.2) is 34.3 Å². The van der Waals surface area contributed by atoms with Gasteiger partial charge in [0.15, 0.2) is 11.5 Å². The largest absolute Gasteiger partial charge is 0.490 e. The molecule has 0 spiro atoms. The van der Waals surface area contributed by atoms with Gasteiger partial charge < -0.3 is 9.47 Å². The Bertz CT molecular complexity index is 1550. The third kappa shape index (κ3) is 5.56. The van der Waals surface area contributed by atoms with Crippen LogP contribution in [0.4, 0.5) is 21.9 Å². The maximum Gasteiger partial charge on any atom is 0.335 e. The standard InChI is InChI=1S/C26H20N4O9/c1-3-38-23-13-16(6-10-22(23)39-21-11-9-18(29(34)35)14-20(21)30(36)37)12-19-24(31)27-26(33)28(25(19)32)17-7-4-15(2)5-8-17/h4-14H,3H2,1-2H3,(H,27,31,33)/b19-12+. The topological polar surface area (TPSA) is 171 Å². The second-order valence-electron chi connectivity index (χ2n) is 8.20. The summed E-state index contributed by atoms with van der Waals surface area (Å²) in [6.45, 7) is 3.71. The van der Waals surface area contributed by atoms with Crippen molar-refractivity contribution < 1.29 is 33.7 Å². The number of non-ortho nitro benzene ring substituents is 1. The van der Waals surface area contributed by atoms with Gasteiger partial charge in [-0.15, -0.1) is 0 Å². The number of aryl methyl sites for hydroxylation is 1. The number of hydrogen-bond acceptors (Lipinski definition) is 9. The summed E-state index contributed by atoms with van der Waals surface area (Å²) < 4.78 is 11.3. The molecule has 0 aromatic heterocycles. The molecule has 0 atom stereocenters. The highest BCUT2D eigenvalue weighted by Gasteiger charge is 2.36. The molecular weight excluding hydrogens is 512 g/mol. The molecular formula is C26H20N4O9. The molecule has 13 heteroatoms. The highest BCUT2D eigenvalue weighted by Crippen LogP contribution is 2.39. The molecule has 1 fully saturated rings. The summed E-state index contributed by atoms with van der Waals surface area (Å²) >= 11 is 0. The summed E-state index contributed by atoms with van der Waals surface area (Å²) in [6, 6.07) is 13.0. The van der Waals surface area contributed by atoms with E-state index in [2.05, 4.69) is 5.32 Å². The summed E-state index contributed by atoms with van der Waals surface area (Å²) in [5.74, 6) is -1.80. The van der Waals surface area contributed by atoms with E-state index in [4.69, 9.17) is 9.47 Å². The fourth-order valence-corrected chi connectivity index (χ4v) is 3.69. The molecule has 1 N–H and O–H groups in total. The molecule has 1 aliphatic rings. The van der Waals surface area contributed by atoms with Crippen molar-refractivity contribution in [3.05, 3.63) is 97.6 Å². The van der Waals surface area contributed by atoms with E-state index in [1.165, 1.54) is 24.3 Å². The molecule has 0 radical (unpaired) electrons. The van der Waals surface area contributed by atoms with Gasteiger partial charge in [0.25, 0.3) is 17.5 Å². The smallest absolute Gasteiger partial charge is 0.335 e. The van der Waals surface area contributed by atoms with Crippen LogP contribution in [0, 0.1) is 27.2 Å². The number of carbonyl (C=O) groups is 3. The van der Waals surface area contributed by atoms with E-state index in [-0.39, 0.29) is 35.1 Å². The van der Waals surface area contributed by atoms with Crippen LogP contribution in [0.1, 0.15) is 18.1 Å². The van der Waals surface area contributed by atoms with Crippen molar-refractivity contribution in [3.8, 4) is 17.2 Å². The van der Waals surface area contributed by atoms with Gasteiger partial charge in [-0.1, -0.05) is 23.8 Å². The minimum Gasteiger partial charge on any atom is -0.490 e. The highest BCUT2D eigenvalue weighted by atomic mass is 16.6. The number of amides is 4. The Balaban J connectivity index is 1.69. The summed E-state index contributed by atoms with van der Waals surface area (Å²) in [4.78, 5) is 59.8. The number of barbiturate groups is 1. The fourth-order valence-electron chi connectivity index (χ4n) is 3.69. The maximum atomic E-state index is 13.1. The lowest BCUT2D eigenvalue weighted by molar-refractivity contribution is -0.394. The number of nitrogens with one attached hydrogen (secondary N) is 1. The van der Waals surface area contributed by atoms with Gasteiger partial charge in [0.2, 0.25) is 5.75 Å². The molecule has 1 saturated heterocycles. The van der Waals surface area contributed by atoms with E-state index < -0.39 is 39.1 Å². The van der Waals surface area contributed by atoms with Gasteiger partial charge in [0, 0.05) is 6.07 Å². The quantitative estimate of drug-likeness (QED) is 0.187. The normalized spacial score (nSPS) is 14.3. The van der Waals surface area contributed by atoms with Crippen molar-refractivity contribution in [3.63, 3.8) is 0 Å². The van der Waals surface area contributed by atoms with Crippen molar-refractivity contribution in [1.82, 2.24) is 5.32 Å². The van der Waals surface area contributed by atoms with Gasteiger partial charge >= 0.3 is 11.7 Å². The Hall–Kier alpha value is -5.59. The van der Waals surface area contributed by atoms with E-state index in [1.807, 2.05) is 6.92 Å². The number of ether oxygens (including phenoxy) is 2. The van der Waals surface area contributed by atoms with Crippen molar-refractivity contribution in [2.75, 3.05) is 11.5 Å². The molecule has 0 saturated carbocycles. The molecule has 13 nitrogen and oxygen atoms in total. The number of carbonyl (C=O) groups excluding carboxylic acids is 3. The van der Waals surface area contributed by atoms with Crippen molar-refractivity contribution in [1.29, 1.82) is 0 Å². The Labute approximate surface area is 220 Å². The number of benzene rings is 3. The predicted octanol–water partition coefficient (Wildman–Crippen LogP) is 4.67. The van der Waals surface area contributed by atoms with Crippen molar-refractivity contribution in [2.45, 2.75) is 13.8 Å². The average Bonchev–Trinajstić information content (AvgIpc) is 2.89. The Kier molecular flexibility index (Phi) is 7.33. The van der Waals surface area contributed by atoms with Crippen LogP contribution < -0.4 is 19.7 Å². The van der Waals surface area contributed by atoms with E-state index in [9.17, 15) is 34.6 Å². The number of rotatable bonds is 8. The minimum atomic E-state index is -0.881. The Morgan fingerprint density at radius 2 is 1.59 bits per heavy atom. The Morgan fingerprint density at radius 1 is 0.897 bits per heavy atom. The maximum absolute atomic E-state index is 13.1. The molecule has 3 aromatic rings. The summed E-state index contributed by atoms with van der Waals surface area (Å²) in [5.41, 5.74) is 0.126. The number of anilines is 1. The average molecular weight is 532 g/mol. The van der Waals surface area contributed by atoms with Crippen LogP contribution >= 0.6 is 0 Å². The van der Waals surface area contributed by atoms with Crippen LogP contribution in [0.3, 0.4) is 0 Å². The number of nitrogens with zero attached hydrogens (tertiary/aromatic N) is 3. The first-order valence-electron chi connectivity index (χ1n) is 11.4. The number of urea groups is 1. The number of nitro groups is 2. The minimum absolute atomic E-state index is 0.0480. The SMILES string of the molecule is CCOc1cc(/C=C2\C(=O)NC(=O)N(c3ccc(C)cc3)C2=O)ccc1Oc1ccc([N+](=O)[O-])cc1[N+](=O)[O-]. The lowest BCUT2D eigenvalue weighted by Gasteiger charge is -2.26. The van der Waals surface area contributed by atoms with Crippen molar-refractivity contribution >= 4 is 41.0 Å². The molecule has 0 bridgehead atoms. The molecule has 4 rings (SSSR count). The van der Waals surface area contributed by atoms with E-state index in [0.29, 0.717) is 5.56 Å². The monoisotopic (exact) mass is 532 g/mol. The summed E-state index contributed by atoms with van der Waals surface area (Å²) in [6.07, 6.45) is 1.27. The van der Waals surface area contributed by atoms with Gasteiger partial charge in [0.1, 0.15) is 5.57 Å². The van der Waals surface area contributed by atoms with Crippen molar-refractivity contribution in [2.24, 2.45) is 0 Å². The van der Waals surface area contributed by atoms with Crippen LogP contribution in [0.5, 0.6) is 17.2 Å². The second kappa shape index (κ2) is 10.8. The van der Waals surface area contributed by atoms with Gasteiger partial charge in [-0.25, -0.2) is 9.69 Å².